The van der Waals surface area contributed by atoms with E-state index in [9.17, 15) is 14.4 Å². The minimum Gasteiger partial charge on any atom is -0.343 e. The standard InChI is InChI=1S/C27H31N3O3/c1-4-6-21-15-19(2)25(20(3)16-21)26-22(31)17-27(18-23(26)32)8-13-29(14-9-27)24(33)7-12-30-11-5-10-28-30/h5,10-11,15-16,26H,7-9,12-14,17-18H2,1-3H3. The van der Waals surface area contributed by atoms with Crippen LogP contribution in [0.4, 0.5) is 0 Å². The van der Waals surface area contributed by atoms with Gasteiger partial charge in [-0.05, 0) is 73.9 Å². The molecule has 2 aromatic rings. The largest absolute Gasteiger partial charge is 0.343 e. The summed E-state index contributed by atoms with van der Waals surface area (Å²) in [6, 6.07) is 5.78. The zero-order chi connectivity index (χ0) is 23.6. The van der Waals surface area contributed by atoms with Gasteiger partial charge in [0.05, 0.1) is 0 Å². The summed E-state index contributed by atoms with van der Waals surface area (Å²) in [5, 5.41) is 4.14. The molecule has 2 aliphatic rings. The quantitative estimate of drug-likeness (QED) is 0.533. The number of piperidine rings is 1. The van der Waals surface area contributed by atoms with Gasteiger partial charge in [-0.1, -0.05) is 5.92 Å². The predicted molar refractivity (Wildman–Crippen MR) is 126 cm³/mol. The molecule has 1 amide bonds. The number of hydrogen-bond acceptors (Lipinski definition) is 4. The number of nitrogens with zero attached hydrogens (tertiary/aromatic N) is 3. The van der Waals surface area contributed by atoms with Crippen molar-refractivity contribution in [1.29, 1.82) is 0 Å². The summed E-state index contributed by atoms with van der Waals surface area (Å²) >= 11 is 0. The lowest BCUT2D eigenvalue weighted by atomic mass is 9.62. The first-order chi connectivity index (χ1) is 15.8. The highest BCUT2D eigenvalue weighted by atomic mass is 16.2. The molecule has 2 fully saturated rings. The summed E-state index contributed by atoms with van der Waals surface area (Å²) < 4.78 is 1.76. The number of likely N-dealkylation sites (tertiary alicyclic amines) is 1. The predicted octanol–water partition coefficient (Wildman–Crippen LogP) is 3.59. The summed E-state index contributed by atoms with van der Waals surface area (Å²) in [6.45, 7) is 7.48. The molecular weight excluding hydrogens is 414 g/mol. The molecule has 2 heterocycles. The Morgan fingerprint density at radius 1 is 1.12 bits per heavy atom. The second kappa shape index (κ2) is 9.35. The number of Topliss-reactive ketones (excluding diaryl/α,β-unsaturated/α-hetero) is 2. The van der Waals surface area contributed by atoms with E-state index in [1.807, 2.05) is 43.1 Å². The van der Waals surface area contributed by atoms with E-state index in [0.29, 0.717) is 51.7 Å². The average molecular weight is 446 g/mol. The molecule has 1 aliphatic carbocycles. The van der Waals surface area contributed by atoms with E-state index >= 15 is 0 Å². The molecule has 1 aromatic carbocycles. The van der Waals surface area contributed by atoms with Gasteiger partial charge in [0.15, 0.2) is 0 Å². The van der Waals surface area contributed by atoms with Crippen LogP contribution in [0.3, 0.4) is 0 Å². The lowest BCUT2D eigenvalue weighted by molar-refractivity contribution is -0.140. The van der Waals surface area contributed by atoms with Crippen LogP contribution in [0.25, 0.3) is 0 Å². The molecule has 6 heteroatoms. The molecule has 0 N–H and O–H groups in total. The number of aryl methyl sites for hydroxylation is 3. The number of ketones is 2. The van der Waals surface area contributed by atoms with Crippen molar-refractivity contribution in [3.63, 3.8) is 0 Å². The molecule has 0 radical (unpaired) electrons. The molecule has 172 valence electrons. The maximum absolute atomic E-state index is 13.3. The Balaban J connectivity index is 1.41. The van der Waals surface area contributed by atoms with Crippen LogP contribution < -0.4 is 0 Å². The van der Waals surface area contributed by atoms with Crippen molar-refractivity contribution in [3.05, 3.63) is 52.8 Å². The smallest absolute Gasteiger partial charge is 0.224 e. The molecule has 1 spiro atoms. The number of carbonyl (C=O) groups is 3. The molecule has 1 saturated carbocycles. The maximum Gasteiger partial charge on any atom is 0.224 e. The second-order valence-electron chi connectivity index (χ2n) is 9.52. The molecule has 6 nitrogen and oxygen atoms in total. The lowest BCUT2D eigenvalue weighted by Crippen LogP contribution is -2.48. The summed E-state index contributed by atoms with van der Waals surface area (Å²) in [4.78, 5) is 41.1. The van der Waals surface area contributed by atoms with Gasteiger partial charge in [0, 0.05) is 56.9 Å². The monoisotopic (exact) mass is 445 g/mol. The summed E-state index contributed by atoms with van der Waals surface area (Å²) in [6.07, 6.45) is 6.19. The number of hydrogen-bond donors (Lipinski definition) is 0. The number of amides is 1. The molecule has 0 unspecified atom stereocenters. The first-order valence-electron chi connectivity index (χ1n) is 11.7. The van der Waals surface area contributed by atoms with Gasteiger partial charge >= 0.3 is 0 Å². The third-order valence-electron chi connectivity index (χ3n) is 7.18. The first kappa shape index (κ1) is 23.0. The molecule has 1 saturated heterocycles. The van der Waals surface area contributed by atoms with Gasteiger partial charge in [-0.15, -0.1) is 5.92 Å². The molecule has 4 rings (SSSR count). The fourth-order valence-corrected chi connectivity index (χ4v) is 5.54. The van der Waals surface area contributed by atoms with Crippen LogP contribution in [0.2, 0.25) is 0 Å². The summed E-state index contributed by atoms with van der Waals surface area (Å²) in [7, 11) is 0. The van der Waals surface area contributed by atoms with Crippen LogP contribution in [-0.4, -0.2) is 45.2 Å². The van der Waals surface area contributed by atoms with E-state index in [4.69, 9.17) is 0 Å². The molecule has 1 aromatic heterocycles. The van der Waals surface area contributed by atoms with Crippen LogP contribution in [-0.2, 0) is 20.9 Å². The van der Waals surface area contributed by atoms with Gasteiger partial charge in [0.25, 0.3) is 0 Å². The Hall–Kier alpha value is -3.20. The fourth-order valence-electron chi connectivity index (χ4n) is 5.54. The van der Waals surface area contributed by atoms with Crippen molar-refractivity contribution in [2.24, 2.45) is 5.41 Å². The number of rotatable bonds is 4. The van der Waals surface area contributed by atoms with E-state index in [-0.39, 0.29) is 22.9 Å². The van der Waals surface area contributed by atoms with Crippen molar-refractivity contribution in [2.45, 2.75) is 65.3 Å². The lowest BCUT2D eigenvalue weighted by Gasteiger charge is -2.44. The zero-order valence-corrected chi connectivity index (χ0v) is 19.7. The first-order valence-corrected chi connectivity index (χ1v) is 11.7. The topological polar surface area (TPSA) is 72.3 Å². The Labute approximate surface area is 195 Å². The Morgan fingerprint density at radius 3 is 2.30 bits per heavy atom. The third-order valence-corrected chi connectivity index (χ3v) is 7.18. The number of benzene rings is 1. The fraction of sp³-hybridized carbons (Fsp3) is 0.481. The van der Waals surface area contributed by atoms with Crippen molar-refractivity contribution >= 4 is 17.5 Å². The van der Waals surface area contributed by atoms with Crippen LogP contribution in [0.5, 0.6) is 0 Å². The molecule has 0 bridgehead atoms. The zero-order valence-electron chi connectivity index (χ0n) is 19.7. The normalized spacial score (nSPS) is 18.3. The van der Waals surface area contributed by atoms with Gasteiger partial charge in [0.1, 0.15) is 17.5 Å². The van der Waals surface area contributed by atoms with Gasteiger partial charge in [-0.2, -0.15) is 5.10 Å². The average Bonchev–Trinajstić information content (AvgIpc) is 3.28. The van der Waals surface area contributed by atoms with E-state index in [0.717, 1.165) is 22.3 Å². The Kier molecular flexibility index (Phi) is 6.51. The Morgan fingerprint density at radius 2 is 1.76 bits per heavy atom. The minimum atomic E-state index is -0.673. The minimum absolute atomic E-state index is 0.0187. The summed E-state index contributed by atoms with van der Waals surface area (Å²) in [5.74, 6) is 5.43. The third kappa shape index (κ3) is 4.78. The van der Waals surface area contributed by atoms with Crippen molar-refractivity contribution < 1.29 is 14.4 Å². The molecule has 33 heavy (non-hydrogen) atoms. The van der Waals surface area contributed by atoms with Crippen LogP contribution >= 0.6 is 0 Å². The second-order valence-corrected chi connectivity index (χ2v) is 9.52. The van der Waals surface area contributed by atoms with Crippen LogP contribution in [0.1, 0.15) is 67.2 Å². The molecular formula is C27H31N3O3. The summed E-state index contributed by atoms with van der Waals surface area (Å²) in [5.41, 5.74) is 3.36. The SMILES string of the molecule is CC#Cc1cc(C)c(C2C(=O)CC3(CCN(C(=O)CCn4cccn4)CC3)CC2=O)c(C)c1. The van der Waals surface area contributed by atoms with Crippen molar-refractivity contribution in [3.8, 4) is 11.8 Å². The van der Waals surface area contributed by atoms with E-state index < -0.39 is 5.92 Å². The molecule has 1 aliphatic heterocycles. The highest BCUT2D eigenvalue weighted by molar-refractivity contribution is 6.10. The van der Waals surface area contributed by atoms with Gasteiger partial charge < -0.3 is 4.90 Å². The van der Waals surface area contributed by atoms with E-state index in [1.165, 1.54) is 0 Å². The van der Waals surface area contributed by atoms with E-state index in [1.54, 1.807) is 17.8 Å². The van der Waals surface area contributed by atoms with Crippen LogP contribution in [0.15, 0.2) is 30.6 Å². The van der Waals surface area contributed by atoms with Gasteiger partial charge in [0.2, 0.25) is 5.91 Å². The van der Waals surface area contributed by atoms with Crippen molar-refractivity contribution in [2.75, 3.05) is 13.1 Å². The van der Waals surface area contributed by atoms with Crippen LogP contribution in [0, 0.1) is 31.1 Å². The van der Waals surface area contributed by atoms with Gasteiger partial charge in [-0.25, -0.2) is 0 Å². The highest BCUT2D eigenvalue weighted by Gasteiger charge is 2.47. The van der Waals surface area contributed by atoms with Crippen molar-refractivity contribution in [1.82, 2.24) is 14.7 Å². The molecule has 0 atom stereocenters. The van der Waals surface area contributed by atoms with E-state index in [2.05, 4.69) is 16.9 Å². The Bertz CT molecular complexity index is 1090. The van der Waals surface area contributed by atoms with Gasteiger partial charge in [-0.3, -0.25) is 19.1 Å². The highest BCUT2D eigenvalue weighted by Crippen LogP contribution is 2.46. The maximum atomic E-state index is 13.3. The number of carbonyl (C=O) groups excluding carboxylic acids is 3. The number of aromatic nitrogens is 2.